The normalized spacial score (nSPS) is 11.8. The Bertz CT molecular complexity index is 3110. The predicted molar refractivity (Wildman–Crippen MR) is 217 cm³/mol. The van der Waals surface area contributed by atoms with E-state index in [0.29, 0.717) is 17.5 Å². The lowest BCUT2D eigenvalue weighted by atomic mass is 9.99. The molecule has 0 amide bonds. The third kappa shape index (κ3) is 4.71. The third-order valence-electron chi connectivity index (χ3n) is 10.1. The smallest absolute Gasteiger partial charge is 0.164 e. The second-order valence-electron chi connectivity index (χ2n) is 13.2. The van der Waals surface area contributed by atoms with Crippen molar-refractivity contribution in [3.8, 4) is 45.3 Å². The number of hydrogen-bond donors (Lipinski definition) is 0. The van der Waals surface area contributed by atoms with Gasteiger partial charge in [-0.05, 0) is 75.1 Å². The van der Waals surface area contributed by atoms with Gasteiger partial charge in [-0.25, -0.2) is 15.0 Å². The summed E-state index contributed by atoms with van der Waals surface area (Å²) in [5.74, 6) is 1.86. The van der Waals surface area contributed by atoms with Crippen molar-refractivity contribution in [3.05, 3.63) is 164 Å². The van der Waals surface area contributed by atoms with Crippen LogP contribution >= 0.6 is 11.3 Å². The van der Waals surface area contributed by atoms with Crippen LogP contribution in [0.2, 0.25) is 0 Å². The standard InChI is InChI=1S/C47H27N3OS/c1-3-10-30-24-34(18-16-28(30)8-1)45-48-46(35-19-17-29-9-2-4-11-31(29)25-35)50-47(49-45)38-13-7-14-41-44(38)39-26-32(21-23-40(39)51-41)33-20-22-37-36-12-5-6-15-42(36)52-43(37)27-33/h1-27H. The first-order chi connectivity index (χ1) is 25.7. The Hall–Kier alpha value is -6.69. The Kier molecular flexibility index (Phi) is 6.39. The molecule has 0 spiro atoms. The lowest BCUT2D eigenvalue weighted by Gasteiger charge is -2.10. The van der Waals surface area contributed by atoms with E-state index >= 15 is 0 Å². The molecule has 0 atom stereocenters. The van der Waals surface area contributed by atoms with Crippen LogP contribution in [0.15, 0.2) is 168 Å². The Morgan fingerprint density at radius 3 is 1.71 bits per heavy atom. The molecule has 0 aliphatic heterocycles. The quantitative estimate of drug-likeness (QED) is 0.185. The van der Waals surface area contributed by atoms with Crippen molar-refractivity contribution < 1.29 is 4.42 Å². The van der Waals surface area contributed by atoms with Gasteiger partial charge in [0.05, 0.1) is 0 Å². The van der Waals surface area contributed by atoms with E-state index in [0.717, 1.165) is 55.0 Å². The number of fused-ring (bicyclic) bond motifs is 8. The summed E-state index contributed by atoms with van der Waals surface area (Å²) in [5.41, 5.74) is 6.70. The molecule has 3 heterocycles. The first-order valence-corrected chi connectivity index (χ1v) is 18.2. The summed E-state index contributed by atoms with van der Waals surface area (Å²) in [4.78, 5) is 15.4. The highest BCUT2D eigenvalue weighted by Gasteiger charge is 2.19. The Labute approximate surface area is 302 Å². The molecular formula is C47H27N3OS. The van der Waals surface area contributed by atoms with Crippen molar-refractivity contribution in [1.82, 2.24) is 15.0 Å². The van der Waals surface area contributed by atoms with Gasteiger partial charge in [-0.2, -0.15) is 0 Å². The van der Waals surface area contributed by atoms with Gasteiger partial charge in [0.2, 0.25) is 0 Å². The zero-order valence-electron chi connectivity index (χ0n) is 27.7. The fourth-order valence-corrected chi connectivity index (χ4v) is 8.65. The summed E-state index contributed by atoms with van der Waals surface area (Å²) in [5, 5.41) is 9.23. The maximum atomic E-state index is 6.47. The number of furan rings is 1. The SMILES string of the molecule is c1ccc2cc(-c3nc(-c4ccc5ccccc5c4)nc(-c4cccc5oc6ccc(-c7ccc8c(c7)sc7ccccc78)cc6c45)n3)ccc2c1. The minimum Gasteiger partial charge on any atom is -0.456 e. The number of rotatable bonds is 4. The molecule has 0 aliphatic carbocycles. The molecule has 0 unspecified atom stereocenters. The van der Waals surface area contributed by atoms with Crippen LogP contribution in [-0.2, 0) is 0 Å². The van der Waals surface area contributed by atoms with Crippen LogP contribution in [0.1, 0.15) is 0 Å². The van der Waals surface area contributed by atoms with Crippen LogP contribution in [0, 0.1) is 0 Å². The van der Waals surface area contributed by atoms with Crippen molar-refractivity contribution in [1.29, 1.82) is 0 Å². The molecule has 8 aromatic carbocycles. The van der Waals surface area contributed by atoms with E-state index in [1.807, 2.05) is 23.5 Å². The number of nitrogens with zero attached hydrogens (tertiary/aromatic N) is 3. The van der Waals surface area contributed by atoms with E-state index in [4.69, 9.17) is 19.4 Å². The Morgan fingerprint density at radius 2 is 0.962 bits per heavy atom. The molecule has 0 N–H and O–H groups in total. The highest BCUT2D eigenvalue weighted by Crippen LogP contribution is 2.40. The number of aromatic nitrogens is 3. The van der Waals surface area contributed by atoms with Gasteiger partial charge >= 0.3 is 0 Å². The minimum absolute atomic E-state index is 0.603. The van der Waals surface area contributed by atoms with E-state index in [2.05, 4.69) is 152 Å². The van der Waals surface area contributed by atoms with Crippen LogP contribution in [0.5, 0.6) is 0 Å². The maximum absolute atomic E-state index is 6.47. The number of benzene rings is 8. The average molecular weight is 682 g/mol. The van der Waals surface area contributed by atoms with Gasteiger partial charge < -0.3 is 4.42 Å². The van der Waals surface area contributed by atoms with Gasteiger partial charge in [-0.15, -0.1) is 11.3 Å². The zero-order chi connectivity index (χ0) is 34.2. The molecule has 4 nitrogen and oxygen atoms in total. The molecule has 0 radical (unpaired) electrons. The van der Waals surface area contributed by atoms with E-state index in [1.54, 1.807) is 0 Å². The first-order valence-electron chi connectivity index (χ1n) is 17.3. The number of thiophene rings is 1. The van der Waals surface area contributed by atoms with Gasteiger partial charge in [0.15, 0.2) is 17.5 Å². The summed E-state index contributed by atoms with van der Waals surface area (Å²) in [6, 6.07) is 57.5. The molecular weight excluding hydrogens is 655 g/mol. The molecule has 0 fully saturated rings. The van der Waals surface area contributed by atoms with E-state index in [9.17, 15) is 0 Å². The van der Waals surface area contributed by atoms with Crippen molar-refractivity contribution in [2.45, 2.75) is 0 Å². The van der Waals surface area contributed by atoms with Gasteiger partial charge in [-0.3, -0.25) is 0 Å². The van der Waals surface area contributed by atoms with Gasteiger partial charge in [0.25, 0.3) is 0 Å². The minimum atomic E-state index is 0.603. The Morgan fingerprint density at radius 1 is 0.365 bits per heavy atom. The molecule has 11 rings (SSSR count). The third-order valence-corrected chi connectivity index (χ3v) is 11.2. The molecule has 0 saturated carbocycles. The summed E-state index contributed by atoms with van der Waals surface area (Å²) < 4.78 is 9.06. The maximum Gasteiger partial charge on any atom is 0.164 e. The van der Waals surface area contributed by atoms with Crippen LogP contribution in [-0.4, -0.2) is 15.0 Å². The predicted octanol–water partition coefficient (Wildman–Crippen LogP) is 13.1. The molecule has 0 bridgehead atoms. The molecule has 0 saturated heterocycles. The second kappa shape index (κ2) is 11.4. The summed E-state index contributed by atoms with van der Waals surface area (Å²) in [7, 11) is 0. The topological polar surface area (TPSA) is 51.8 Å². The monoisotopic (exact) mass is 681 g/mol. The van der Waals surface area contributed by atoms with Crippen LogP contribution in [0.4, 0.5) is 0 Å². The van der Waals surface area contributed by atoms with Crippen molar-refractivity contribution in [2.24, 2.45) is 0 Å². The average Bonchev–Trinajstić information content (AvgIpc) is 3.78. The molecule has 52 heavy (non-hydrogen) atoms. The van der Waals surface area contributed by atoms with E-state index in [-0.39, 0.29) is 0 Å². The summed E-state index contributed by atoms with van der Waals surface area (Å²) >= 11 is 1.84. The van der Waals surface area contributed by atoms with Crippen molar-refractivity contribution in [3.63, 3.8) is 0 Å². The zero-order valence-corrected chi connectivity index (χ0v) is 28.6. The highest BCUT2D eigenvalue weighted by atomic mass is 32.1. The molecule has 11 aromatic rings. The van der Waals surface area contributed by atoms with Crippen LogP contribution in [0.3, 0.4) is 0 Å². The van der Waals surface area contributed by atoms with Gasteiger partial charge in [0, 0.05) is 47.6 Å². The van der Waals surface area contributed by atoms with Crippen molar-refractivity contribution in [2.75, 3.05) is 0 Å². The number of hydrogen-bond acceptors (Lipinski definition) is 5. The van der Waals surface area contributed by atoms with Crippen LogP contribution in [0.25, 0.3) is 109 Å². The highest BCUT2D eigenvalue weighted by molar-refractivity contribution is 7.25. The van der Waals surface area contributed by atoms with Gasteiger partial charge in [0.1, 0.15) is 11.2 Å². The van der Waals surface area contributed by atoms with Crippen LogP contribution < -0.4 is 0 Å². The fraction of sp³-hybridized carbons (Fsp3) is 0. The Balaban J connectivity index is 1.11. The van der Waals surface area contributed by atoms with Crippen molar-refractivity contribution >= 4 is 75.0 Å². The van der Waals surface area contributed by atoms with E-state index in [1.165, 1.54) is 36.5 Å². The summed E-state index contributed by atoms with van der Waals surface area (Å²) in [6.07, 6.45) is 0. The fourth-order valence-electron chi connectivity index (χ4n) is 7.51. The second-order valence-corrected chi connectivity index (χ2v) is 14.3. The van der Waals surface area contributed by atoms with Gasteiger partial charge in [-0.1, -0.05) is 121 Å². The summed E-state index contributed by atoms with van der Waals surface area (Å²) in [6.45, 7) is 0. The molecule has 242 valence electrons. The lowest BCUT2D eigenvalue weighted by Crippen LogP contribution is -2.00. The van der Waals surface area contributed by atoms with E-state index < -0.39 is 0 Å². The molecule has 5 heteroatoms. The first kappa shape index (κ1) is 29.1. The molecule has 3 aromatic heterocycles. The molecule has 0 aliphatic rings. The largest absolute Gasteiger partial charge is 0.456 e. The lowest BCUT2D eigenvalue weighted by molar-refractivity contribution is 0.669.